The maximum Gasteiger partial charge on any atom is 0.236 e. The second-order valence-corrected chi connectivity index (χ2v) is 6.59. The number of carbonyl (C=O) groups is 1. The summed E-state index contributed by atoms with van der Waals surface area (Å²) in [5, 5.41) is 13.2. The van der Waals surface area contributed by atoms with Crippen molar-refractivity contribution in [3.63, 3.8) is 0 Å². The zero-order valence-corrected chi connectivity index (χ0v) is 14.2. The molecule has 0 aliphatic heterocycles. The van der Waals surface area contributed by atoms with Gasteiger partial charge in [0.05, 0.1) is 17.0 Å². The molecule has 0 saturated heterocycles. The summed E-state index contributed by atoms with van der Waals surface area (Å²) in [6.45, 7) is 1.85. The lowest BCUT2D eigenvalue weighted by molar-refractivity contribution is -0.113. The number of nitrogens with one attached hydrogen (secondary N) is 1. The number of hydrogen-bond acceptors (Lipinski definition) is 7. The van der Waals surface area contributed by atoms with Gasteiger partial charge in [0.15, 0.2) is 11.0 Å². The molecule has 2 aromatic heterocycles. The number of thioether (sulfide) groups is 1. The molecule has 10 heteroatoms. The van der Waals surface area contributed by atoms with Gasteiger partial charge in [-0.05, 0) is 19.1 Å². The number of anilines is 1. The molecule has 3 rings (SSSR count). The summed E-state index contributed by atoms with van der Waals surface area (Å²) in [6, 6.07) is 6.15. The van der Waals surface area contributed by atoms with E-state index >= 15 is 0 Å². The monoisotopic (exact) mass is 364 g/mol. The van der Waals surface area contributed by atoms with Gasteiger partial charge in [0.1, 0.15) is 5.82 Å². The van der Waals surface area contributed by atoms with Crippen LogP contribution in [-0.4, -0.2) is 31.5 Å². The van der Waals surface area contributed by atoms with E-state index in [9.17, 15) is 9.18 Å². The van der Waals surface area contributed by atoms with Gasteiger partial charge >= 0.3 is 0 Å². The van der Waals surface area contributed by atoms with Crippen LogP contribution in [0.15, 0.2) is 34.8 Å². The van der Waals surface area contributed by atoms with Crippen LogP contribution < -0.4 is 11.2 Å². The SMILES string of the molecule is Cc1csc(NC(=O)CSc2nnc(-c3ccccc3F)n2N)n1. The smallest absolute Gasteiger partial charge is 0.236 e. The van der Waals surface area contributed by atoms with Crippen LogP contribution in [-0.2, 0) is 4.79 Å². The molecule has 0 aliphatic rings. The van der Waals surface area contributed by atoms with Gasteiger partial charge in [-0.3, -0.25) is 4.79 Å². The number of aryl methyl sites for hydroxylation is 1. The Kier molecular flexibility index (Phi) is 4.76. The number of nitrogens with zero attached hydrogens (tertiary/aromatic N) is 4. The van der Waals surface area contributed by atoms with E-state index in [-0.39, 0.29) is 23.0 Å². The molecule has 24 heavy (non-hydrogen) atoms. The van der Waals surface area contributed by atoms with Crippen LogP contribution in [0.1, 0.15) is 5.69 Å². The molecular weight excluding hydrogens is 351 g/mol. The largest absolute Gasteiger partial charge is 0.335 e. The standard InChI is InChI=1S/C14H13FN6OS2/c1-8-6-23-13(17-8)18-11(22)7-24-14-20-19-12(21(14)16)9-4-2-3-5-10(9)15/h2-6H,7,16H2,1H3,(H,17,18,22). The van der Waals surface area contributed by atoms with Crippen LogP contribution in [0.4, 0.5) is 9.52 Å². The Morgan fingerprint density at radius 1 is 1.42 bits per heavy atom. The van der Waals surface area contributed by atoms with Gasteiger partial charge in [-0.2, -0.15) is 0 Å². The molecule has 1 aromatic carbocycles. The van der Waals surface area contributed by atoms with Crippen molar-refractivity contribution in [2.75, 3.05) is 16.9 Å². The molecule has 0 saturated carbocycles. The first-order valence-corrected chi connectivity index (χ1v) is 8.71. The summed E-state index contributed by atoms with van der Waals surface area (Å²) in [5.41, 5.74) is 1.10. The number of benzene rings is 1. The van der Waals surface area contributed by atoms with Gasteiger partial charge in [0.25, 0.3) is 0 Å². The van der Waals surface area contributed by atoms with Crippen LogP contribution in [0.3, 0.4) is 0 Å². The fraction of sp³-hybridized carbons (Fsp3) is 0.143. The molecule has 3 N–H and O–H groups in total. The van der Waals surface area contributed by atoms with Gasteiger partial charge in [-0.25, -0.2) is 14.1 Å². The Hall–Kier alpha value is -2.46. The normalized spacial score (nSPS) is 10.8. The van der Waals surface area contributed by atoms with E-state index in [4.69, 9.17) is 5.84 Å². The minimum atomic E-state index is -0.440. The number of amides is 1. The maximum absolute atomic E-state index is 13.8. The molecular formula is C14H13FN6OS2. The molecule has 0 radical (unpaired) electrons. The van der Waals surface area contributed by atoms with Crippen LogP contribution in [0.25, 0.3) is 11.4 Å². The first-order chi connectivity index (χ1) is 11.5. The fourth-order valence-electron chi connectivity index (χ4n) is 1.90. The summed E-state index contributed by atoms with van der Waals surface area (Å²) in [6.07, 6.45) is 0. The highest BCUT2D eigenvalue weighted by molar-refractivity contribution is 7.99. The number of aromatic nitrogens is 4. The first kappa shape index (κ1) is 16.4. The van der Waals surface area contributed by atoms with E-state index in [1.54, 1.807) is 18.2 Å². The van der Waals surface area contributed by atoms with Gasteiger partial charge in [0.2, 0.25) is 11.1 Å². The highest BCUT2D eigenvalue weighted by atomic mass is 32.2. The molecule has 1 amide bonds. The summed E-state index contributed by atoms with van der Waals surface area (Å²) in [4.78, 5) is 16.1. The quantitative estimate of drug-likeness (QED) is 0.532. The number of thiazole rings is 1. The molecule has 2 heterocycles. The molecule has 7 nitrogen and oxygen atoms in total. The third-order valence-corrected chi connectivity index (χ3v) is 4.80. The summed E-state index contributed by atoms with van der Waals surface area (Å²) < 4.78 is 15.0. The number of hydrogen-bond donors (Lipinski definition) is 2. The highest BCUT2D eigenvalue weighted by Gasteiger charge is 2.16. The lowest BCUT2D eigenvalue weighted by atomic mass is 10.2. The average molecular weight is 364 g/mol. The van der Waals surface area contributed by atoms with Gasteiger partial charge in [-0.15, -0.1) is 21.5 Å². The Bertz CT molecular complexity index is 878. The number of carbonyl (C=O) groups excluding carboxylic acids is 1. The van der Waals surface area contributed by atoms with Crippen LogP contribution in [0.5, 0.6) is 0 Å². The number of nitrogens with two attached hydrogens (primary N) is 1. The third kappa shape index (κ3) is 3.54. The summed E-state index contributed by atoms with van der Waals surface area (Å²) >= 11 is 2.46. The third-order valence-electron chi connectivity index (χ3n) is 2.98. The van der Waals surface area contributed by atoms with E-state index < -0.39 is 5.82 Å². The minimum absolute atomic E-state index is 0.0885. The van der Waals surface area contributed by atoms with E-state index in [1.807, 2.05) is 12.3 Å². The lowest BCUT2D eigenvalue weighted by Gasteiger charge is -2.04. The van der Waals surface area contributed by atoms with Gasteiger partial charge in [-0.1, -0.05) is 23.9 Å². The summed E-state index contributed by atoms with van der Waals surface area (Å²) in [7, 11) is 0. The topological polar surface area (TPSA) is 98.7 Å². The van der Waals surface area contributed by atoms with E-state index in [1.165, 1.54) is 22.1 Å². The molecule has 0 fully saturated rings. The number of nitrogen functional groups attached to an aromatic ring is 1. The Balaban J connectivity index is 1.66. The fourth-order valence-corrected chi connectivity index (χ4v) is 3.26. The van der Waals surface area contributed by atoms with Crippen molar-refractivity contribution in [1.29, 1.82) is 0 Å². The summed E-state index contributed by atoms with van der Waals surface area (Å²) in [5.74, 6) is 5.53. The Morgan fingerprint density at radius 3 is 2.92 bits per heavy atom. The number of halogens is 1. The van der Waals surface area contributed by atoms with Crippen molar-refractivity contribution in [2.24, 2.45) is 0 Å². The highest BCUT2D eigenvalue weighted by Crippen LogP contribution is 2.24. The van der Waals surface area contributed by atoms with Crippen LogP contribution in [0.2, 0.25) is 0 Å². The molecule has 0 spiro atoms. The Morgan fingerprint density at radius 2 is 2.21 bits per heavy atom. The second-order valence-electron chi connectivity index (χ2n) is 4.79. The average Bonchev–Trinajstić information content (AvgIpc) is 3.12. The minimum Gasteiger partial charge on any atom is -0.335 e. The molecule has 0 aliphatic carbocycles. The number of rotatable bonds is 5. The second kappa shape index (κ2) is 6.97. The molecule has 3 aromatic rings. The van der Waals surface area contributed by atoms with E-state index in [0.717, 1.165) is 17.5 Å². The molecule has 0 bridgehead atoms. The molecule has 0 atom stereocenters. The first-order valence-electron chi connectivity index (χ1n) is 6.85. The van der Waals surface area contributed by atoms with Crippen molar-refractivity contribution in [3.05, 3.63) is 41.2 Å². The van der Waals surface area contributed by atoms with Gasteiger partial charge < -0.3 is 11.2 Å². The van der Waals surface area contributed by atoms with E-state index in [0.29, 0.717) is 10.3 Å². The van der Waals surface area contributed by atoms with Crippen molar-refractivity contribution in [3.8, 4) is 11.4 Å². The molecule has 124 valence electrons. The lowest BCUT2D eigenvalue weighted by Crippen LogP contribution is -2.16. The predicted octanol–water partition coefficient (Wildman–Crippen LogP) is 2.29. The zero-order valence-electron chi connectivity index (χ0n) is 12.6. The van der Waals surface area contributed by atoms with Crippen molar-refractivity contribution in [1.82, 2.24) is 19.9 Å². The maximum atomic E-state index is 13.8. The van der Waals surface area contributed by atoms with Gasteiger partial charge in [0, 0.05) is 5.38 Å². The van der Waals surface area contributed by atoms with Crippen LogP contribution in [0, 0.1) is 12.7 Å². The van der Waals surface area contributed by atoms with Crippen LogP contribution >= 0.6 is 23.1 Å². The predicted molar refractivity (Wildman–Crippen MR) is 91.8 cm³/mol. The van der Waals surface area contributed by atoms with E-state index in [2.05, 4.69) is 20.5 Å². The molecule has 0 unspecified atom stereocenters. The van der Waals surface area contributed by atoms with Crippen molar-refractivity contribution >= 4 is 34.1 Å². The van der Waals surface area contributed by atoms with Crippen molar-refractivity contribution in [2.45, 2.75) is 12.1 Å². The van der Waals surface area contributed by atoms with Crippen molar-refractivity contribution < 1.29 is 9.18 Å². The zero-order chi connectivity index (χ0) is 17.1. The Labute approximate surface area is 145 Å².